The highest BCUT2D eigenvalue weighted by Crippen LogP contribution is 2.26. The molecule has 0 aliphatic heterocycles. The Morgan fingerprint density at radius 2 is 1.89 bits per heavy atom. The highest BCUT2D eigenvalue weighted by Gasteiger charge is 2.20. The predicted octanol–water partition coefficient (Wildman–Crippen LogP) is 3.06. The third kappa shape index (κ3) is 2.54. The fourth-order valence-electron chi connectivity index (χ4n) is 1.92. The Bertz CT molecular complexity index is 494. The third-order valence-corrected chi connectivity index (χ3v) is 2.71. The number of nitrogens with one attached hydrogen (secondary N) is 1. The van der Waals surface area contributed by atoms with Gasteiger partial charge in [0.25, 0.3) is 0 Å². The molecule has 1 N–H and O–H groups in total. The van der Waals surface area contributed by atoms with Crippen molar-refractivity contribution in [3.63, 3.8) is 0 Å². The summed E-state index contributed by atoms with van der Waals surface area (Å²) in [5.41, 5.74) is 0.774. The number of halogens is 2. The van der Waals surface area contributed by atoms with Crippen LogP contribution >= 0.6 is 0 Å². The standard InChI is InChI=1S/C14H14F2N2/c1-2-18-14(10-5-4-8-17-9-10)13-11(15)6-3-7-12(13)16/h3-9,14,18H,2H2,1H3. The van der Waals surface area contributed by atoms with Crippen LogP contribution in [0.2, 0.25) is 0 Å². The van der Waals surface area contributed by atoms with Crippen molar-refractivity contribution in [1.29, 1.82) is 0 Å². The Morgan fingerprint density at radius 3 is 2.44 bits per heavy atom. The lowest BCUT2D eigenvalue weighted by Gasteiger charge is -2.19. The van der Waals surface area contributed by atoms with E-state index in [0.717, 1.165) is 5.56 Å². The molecule has 0 aliphatic carbocycles. The first-order chi connectivity index (χ1) is 8.74. The van der Waals surface area contributed by atoms with E-state index in [4.69, 9.17) is 0 Å². The number of rotatable bonds is 4. The topological polar surface area (TPSA) is 24.9 Å². The number of nitrogens with zero attached hydrogens (tertiary/aromatic N) is 1. The minimum absolute atomic E-state index is 0.0346. The van der Waals surface area contributed by atoms with E-state index in [2.05, 4.69) is 10.3 Å². The minimum Gasteiger partial charge on any atom is -0.306 e. The average molecular weight is 248 g/mol. The summed E-state index contributed by atoms with van der Waals surface area (Å²) < 4.78 is 27.6. The zero-order valence-electron chi connectivity index (χ0n) is 10.0. The summed E-state index contributed by atoms with van der Waals surface area (Å²) in [7, 11) is 0. The highest BCUT2D eigenvalue weighted by molar-refractivity contribution is 5.32. The molecule has 0 aliphatic rings. The molecule has 0 radical (unpaired) electrons. The van der Waals surface area contributed by atoms with Gasteiger partial charge in [-0.25, -0.2) is 8.78 Å². The molecule has 0 bridgehead atoms. The van der Waals surface area contributed by atoms with Crippen LogP contribution in [-0.2, 0) is 0 Å². The van der Waals surface area contributed by atoms with Crippen LogP contribution in [0.4, 0.5) is 8.78 Å². The molecule has 18 heavy (non-hydrogen) atoms. The molecule has 0 amide bonds. The van der Waals surface area contributed by atoms with Gasteiger partial charge in [0, 0.05) is 18.0 Å². The van der Waals surface area contributed by atoms with Crippen molar-refractivity contribution in [1.82, 2.24) is 10.3 Å². The highest BCUT2D eigenvalue weighted by atomic mass is 19.1. The molecule has 0 saturated heterocycles. The summed E-state index contributed by atoms with van der Waals surface area (Å²) >= 11 is 0. The van der Waals surface area contributed by atoms with Crippen molar-refractivity contribution in [3.8, 4) is 0 Å². The largest absolute Gasteiger partial charge is 0.306 e. The van der Waals surface area contributed by atoms with E-state index >= 15 is 0 Å². The van der Waals surface area contributed by atoms with Crippen molar-refractivity contribution in [2.75, 3.05) is 6.54 Å². The van der Waals surface area contributed by atoms with Crippen LogP contribution in [0.5, 0.6) is 0 Å². The number of benzene rings is 1. The first kappa shape index (κ1) is 12.6. The first-order valence-electron chi connectivity index (χ1n) is 5.81. The molecule has 94 valence electrons. The fraction of sp³-hybridized carbons (Fsp3) is 0.214. The van der Waals surface area contributed by atoms with E-state index in [0.29, 0.717) is 6.54 Å². The molecule has 1 heterocycles. The SMILES string of the molecule is CCNC(c1cccnc1)c1c(F)cccc1F. The smallest absolute Gasteiger partial charge is 0.131 e. The summed E-state index contributed by atoms with van der Waals surface area (Å²) in [6.07, 6.45) is 3.24. The number of aromatic nitrogens is 1. The van der Waals surface area contributed by atoms with Gasteiger partial charge in [-0.15, -0.1) is 0 Å². The van der Waals surface area contributed by atoms with Crippen LogP contribution in [0, 0.1) is 11.6 Å². The third-order valence-electron chi connectivity index (χ3n) is 2.71. The molecule has 1 atom stereocenters. The maximum absolute atomic E-state index is 13.8. The Balaban J connectivity index is 2.48. The summed E-state index contributed by atoms with van der Waals surface area (Å²) in [6, 6.07) is 6.91. The van der Waals surface area contributed by atoms with Gasteiger partial charge in [-0.1, -0.05) is 19.1 Å². The summed E-state index contributed by atoms with van der Waals surface area (Å²) in [4.78, 5) is 3.99. The monoisotopic (exact) mass is 248 g/mol. The van der Waals surface area contributed by atoms with E-state index in [1.807, 2.05) is 6.92 Å². The lowest BCUT2D eigenvalue weighted by atomic mass is 9.99. The van der Waals surface area contributed by atoms with Crippen LogP contribution in [-0.4, -0.2) is 11.5 Å². The molecular formula is C14H14F2N2. The molecule has 2 nitrogen and oxygen atoms in total. The Labute approximate surface area is 105 Å². The van der Waals surface area contributed by atoms with Gasteiger partial charge in [-0.3, -0.25) is 4.98 Å². The van der Waals surface area contributed by atoms with Gasteiger partial charge in [0.2, 0.25) is 0 Å². The van der Waals surface area contributed by atoms with E-state index in [9.17, 15) is 8.78 Å². The quantitative estimate of drug-likeness (QED) is 0.899. The zero-order valence-corrected chi connectivity index (χ0v) is 10.0. The normalized spacial score (nSPS) is 12.4. The van der Waals surface area contributed by atoms with Gasteiger partial charge in [0.05, 0.1) is 6.04 Å². The van der Waals surface area contributed by atoms with Gasteiger partial charge in [-0.2, -0.15) is 0 Å². The Kier molecular flexibility index (Phi) is 3.99. The molecule has 2 aromatic rings. The minimum atomic E-state index is -0.551. The van der Waals surface area contributed by atoms with E-state index in [-0.39, 0.29) is 5.56 Å². The van der Waals surface area contributed by atoms with E-state index < -0.39 is 17.7 Å². The van der Waals surface area contributed by atoms with Crippen molar-refractivity contribution in [3.05, 3.63) is 65.5 Å². The number of pyridine rings is 1. The van der Waals surface area contributed by atoms with Crippen LogP contribution in [0.15, 0.2) is 42.7 Å². The lowest BCUT2D eigenvalue weighted by molar-refractivity contribution is 0.510. The van der Waals surface area contributed by atoms with Crippen molar-refractivity contribution in [2.45, 2.75) is 13.0 Å². The van der Waals surface area contributed by atoms with Gasteiger partial charge in [0.1, 0.15) is 11.6 Å². The second kappa shape index (κ2) is 5.69. The molecule has 2 rings (SSSR count). The second-order valence-electron chi connectivity index (χ2n) is 3.91. The molecule has 1 aromatic heterocycles. The van der Waals surface area contributed by atoms with Crippen LogP contribution in [0.25, 0.3) is 0 Å². The predicted molar refractivity (Wildman–Crippen MR) is 66.1 cm³/mol. The maximum atomic E-state index is 13.8. The fourth-order valence-corrected chi connectivity index (χ4v) is 1.92. The van der Waals surface area contributed by atoms with E-state index in [1.54, 1.807) is 24.5 Å². The molecule has 0 fully saturated rings. The average Bonchev–Trinajstić information content (AvgIpc) is 2.38. The van der Waals surface area contributed by atoms with Crippen molar-refractivity contribution < 1.29 is 8.78 Å². The van der Waals surface area contributed by atoms with Crippen molar-refractivity contribution >= 4 is 0 Å². The van der Waals surface area contributed by atoms with Gasteiger partial charge in [0.15, 0.2) is 0 Å². The Hall–Kier alpha value is -1.81. The second-order valence-corrected chi connectivity index (χ2v) is 3.91. The van der Waals surface area contributed by atoms with Crippen LogP contribution in [0.3, 0.4) is 0 Å². The summed E-state index contributed by atoms with van der Waals surface area (Å²) in [6.45, 7) is 2.50. The first-order valence-corrected chi connectivity index (χ1v) is 5.81. The molecular weight excluding hydrogens is 234 g/mol. The summed E-state index contributed by atoms with van der Waals surface area (Å²) in [5, 5.41) is 3.08. The number of hydrogen-bond acceptors (Lipinski definition) is 2. The van der Waals surface area contributed by atoms with Gasteiger partial charge < -0.3 is 5.32 Å². The molecule has 1 aromatic carbocycles. The molecule has 0 saturated carbocycles. The van der Waals surface area contributed by atoms with Gasteiger partial charge in [-0.05, 0) is 30.3 Å². The molecule has 4 heteroatoms. The molecule has 1 unspecified atom stereocenters. The Morgan fingerprint density at radius 1 is 1.17 bits per heavy atom. The van der Waals surface area contributed by atoms with Crippen LogP contribution < -0.4 is 5.32 Å². The lowest BCUT2D eigenvalue weighted by Crippen LogP contribution is -2.24. The zero-order chi connectivity index (χ0) is 13.0. The van der Waals surface area contributed by atoms with Gasteiger partial charge >= 0.3 is 0 Å². The van der Waals surface area contributed by atoms with E-state index in [1.165, 1.54) is 18.2 Å². The van der Waals surface area contributed by atoms with Crippen molar-refractivity contribution in [2.24, 2.45) is 0 Å². The molecule has 0 spiro atoms. The van der Waals surface area contributed by atoms with Crippen LogP contribution in [0.1, 0.15) is 24.1 Å². The summed E-state index contributed by atoms with van der Waals surface area (Å²) in [5.74, 6) is -1.10. The number of hydrogen-bond donors (Lipinski definition) is 1. The maximum Gasteiger partial charge on any atom is 0.131 e.